The van der Waals surface area contributed by atoms with Gasteiger partial charge in [0.15, 0.2) is 5.96 Å². The Morgan fingerprint density at radius 3 is 1.82 bits per heavy atom. The van der Waals surface area contributed by atoms with Crippen LogP contribution in [0, 0.1) is 0 Å². The van der Waals surface area contributed by atoms with Crippen molar-refractivity contribution >= 4 is 54.5 Å². The lowest BCUT2D eigenvalue weighted by molar-refractivity contribution is -0.138. The zero-order valence-corrected chi connectivity index (χ0v) is 23.5. The first-order valence-corrected chi connectivity index (χ1v) is 13.5. The maximum atomic E-state index is 13.2. The Bertz CT molecular complexity index is 887. The molecule has 0 fully saturated rings. The lowest BCUT2D eigenvalue weighted by Gasteiger charge is -2.26. The molecule has 5 atom stereocenters. The van der Waals surface area contributed by atoms with E-state index in [1.54, 1.807) is 0 Å². The Kier molecular flexibility index (Phi) is 18.7. The molecule has 0 aromatic heterocycles. The van der Waals surface area contributed by atoms with Crippen molar-refractivity contribution in [2.24, 2.45) is 27.9 Å². The minimum atomic E-state index is -1.37. The van der Waals surface area contributed by atoms with Crippen LogP contribution < -0.4 is 44.2 Å². The summed E-state index contributed by atoms with van der Waals surface area (Å²) in [6.07, 6.45) is 1.31. The lowest BCUT2D eigenvalue weighted by atomic mass is 10.0. The topological polar surface area (TPSA) is 287 Å². The molecule has 228 valence electrons. The summed E-state index contributed by atoms with van der Waals surface area (Å²) >= 11 is 3.97. The van der Waals surface area contributed by atoms with Gasteiger partial charge < -0.3 is 54.1 Å². The fourth-order valence-corrected chi connectivity index (χ4v) is 3.50. The molecule has 0 aromatic carbocycles. The van der Waals surface area contributed by atoms with Crippen molar-refractivity contribution in [3.8, 4) is 0 Å². The summed E-state index contributed by atoms with van der Waals surface area (Å²) in [6.45, 7) is 1.97. The molecule has 0 spiro atoms. The maximum Gasteiger partial charge on any atom is 0.303 e. The third kappa shape index (κ3) is 15.8. The van der Waals surface area contributed by atoms with Crippen LogP contribution in [0.4, 0.5) is 0 Å². The van der Waals surface area contributed by atoms with Crippen LogP contribution in [0.1, 0.15) is 51.9 Å². The first-order chi connectivity index (χ1) is 18.9. The highest BCUT2D eigenvalue weighted by Crippen LogP contribution is 2.07. The number of unbranched alkanes of at least 4 members (excludes halogenated alkanes) is 1. The first-order valence-electron chi connectivity index (χ1n) is 12.9. The monoisotopic (exact) mass is 589 g/mol. The molecule has 0 aromatic rings. The highest BCUT2D eigenvalue weighted by atomic mass is 32.1. The van der Waals surface area contributed by atoms with E-state index in [0.29, 0.717) is 25.7 Å². The van der Waals surface area contributed by atoms with E-state index in [0.717, 1.165) is 0 Å². The molecule has 40 heavy (non-hydrogen) atoms. The number of hydrogen-bond donors (Lipinski definition) is 10. The summed E-state index contributed by atoms with van der Waals surface area (Å²) in [5.41, 5.74) is 21.8. The van der Waals surface area contributed by atoms with Crippen LogP contribution in [-0.2, 0) is 28.8 Å². The third-order valence-electron chi connectivity index (χ3n) is 5.55. The van der Waals surface area contributed by atoms with Gasteiger partial charge in [-0.15, -0.1) is 0 Å². The Morgan fingerprint density at radius 2 is 1.35 bits per heavy atom. The molecular weight excluding hydrogens is 546 g/mol. The Morgan fingerprint density at radius 1 is 0.850 bits per heavy atom. The number of aldehydes is 1. The van der Waals surface area contributed by atoms with Gasteiger partial charge in [0.2, 0.25) is 23.6 Å². The number of guanidine groups is 1. The lowest BCUT2D eigenvalue weighted by Crippen LogP contribution is -2.58. The van der Waals surface area contributed by atoms with Gasteiger partial charge in [0.25, 0.3) is 0 Å². The van der Waals surface area contributed by atoms with Crippen LogP contribution in [0.5, 0.6) is 0 Å². The normalized spacial score (nSPS) is 14.4. The van der Waals surface area contributed by atoms with Crippen molar-refractivity contribution in [1.29, 1.82) is 0 Å². The number of aliphatic carboxylic acids is 1. The summed E-state index contributed by atoms with van der Waals surface area (Å²) < 4.78 is 0. The molecule has 0 bridgehead atoms. The average Bonchev–Trinajstić information content (AvgIpc) is 2.90. The number of carboxylic acid groups (broad SMARTS) is 1. The number of rotatable bonds is 21. The predicted molar refractivity (Wildman–Crippen MR) is 151 cm³/mol. The maximum absolute atomic E-state index is 13.2. The molecular formula is C23H43N9O7S. The summed E-state index contributed by atoms with van der Waals surface area (Å²) in [6, 6.07) is -5.42. The van der Waals surface area contributed by atoms with Crippen molar-refractivity contribution < 1.29 is 33.9 Å². The van der Waals surface area contributed by atoms with E-state index in [9.17, 15) is 28.8 Å². The molecule has 0 aliphatic heterocycles. The molecule has 0 aliphatic carbocycles. The van der Waals surface area contributed by atoms with Crippen LogP contribution >= 0.6 is 12.6 Å². The first kappa shape index (κ1) is 36.6. The minimum Gasteiger partial charge on any atom is -0.481 e. The molecule has 0 radical (unpaired) electrons. The van der Waals surface area contributed by atoms with Crippen molar-refractivity contribution in [3.05, 3.63) is 0 Å². The second-order valence-corrected chi connectivity index (χ2v) is 9.44. The van der Waals surface area contributed by atoms with Gasteiger partial charge in [0.1, 0.15) is 24.4 Å². The number of nitrogens with one attached hydrogen (secondary N) is 4. The Hall–Kier alpha value is -3.44. The molecule has 4 amide bonds. The number of nitrogens with two attached hydrogens (primary N) is 4. The van der Waals surface area contributed by atoms with Crippen molar-refractivity contribution in [3.63, 3.8) is 0 Å². The summed E-state index contributed by atoms with van der Waals surface area (Å²) in [5.74, 6) is -4.25. The van der Waals surface area contributed by atoms with Crippen molar-refractivity contribution in [1.82, 2.24) is 21.3 Å². The van der Waals surface area contributed by atoms with E-state index in [1.807, 2.05) is 0 Å². The van der Waals surface area contributed by atoms with E-state index in [2.05, 4.69) is 38.9 Å². The van der Waals surface area contributed by atoms with Crippen LogP contribution in [0.15, 0.2) is 4.99 Å². The quantitative estimate of drug-likeness (QED) is 0.0205. The smallest absolute Gasteiger partial charge is 0.303 e. The molecule has 0 heterocycles. The van der Waals surface area contributed by atoms with Gasteiger partial charge in [0, 0.05) is 18.7 Å². The SMILES string of the molecule is C[C@@H](C=O)NC(=O)[C@H](CCCCN)NC(=O)[C@H](CCC(=O)O)NC(=O)[C@H](CCCN=C(N)N)NC(=O)[C@@H](N)CS. The van der Waals surface area contributed by atoms with Crippen molar-refractivity contribution in [2.75, 3.05) is 18.8 Å². The zero-order chi connectivity index (χ0) is 30.7. The van der Waals surface area contributed by atoms with E-state index < -0.39 is 66.2 Å². The summed E-state index contributed by atoms with van der Waals surface area (Å²) in [7, 11) is 0. The van der Waals surface area contributed by atoms with Gasteiger partial charge >= 0.3 is 5.97 Å². The highest BCUT2D eigenvalue weighted by Gasteiger charge is 2.30. The van der Waals surface area contributed by atoms with E-state index in [1.165, 1.54) is 6.92 Å². The number of nitrogens with zero attached hydrogens (tertiary/aromatic N) is 1. The highest BCUT2D eigenvalue weighted by molar-refractivity contribution is 7.80. The number of aliphatic imine (C=N–C) groups is 1. The van der Waals surface area contributed by atoms with Gasteiger partial charge in [-0.1, -0.05) is 0 Å². The number of amides is 4. The largest absolute Gasteiger partial charge is 0.481 e. The summed E-state index contributed by atoms with van der Waals surface area (Å²) in [4.78, 5) is 77.4. The molecule has 17 heteroatoms. The number of carbonyl (C=O) groups is 6. The van der Waals surface area contributed by atoms with Gasteiger partial charge in [-0.05, 0) is 52.0 Å². The minimum absolute atomic E-state index is 0.00808. The molecule has 0 rings (SSSR count). The molecule has 13 N–H and O–H groups in total. The fourth-order valence-electron chi connectivity index (χ4n) is 3.34. The number of hydrogen-bond acceptors (Lipinski definition) is 10. The molecule has 16 nitrogen and oxygen atoms in total. The standard InChI is InChI=1S/C23H43N9O7S/c1-13(11-33)29-20(37)15(5-2-3-9-24)31-22(39)17(7-8-18(34)35)32-21(38)16(6-4-10-28-23(26)27)30-19(36)14(25)12-40/h11,13-17,40H,2-10,12,24-25H2,1H3,(H,29,37)(H,30,36)(H,31,39)(H,32,38)(H,34,35)(H4,26,27,28)/t13-,14-,15-,16-,17-/m0/s1. The predicted octanol–water partition coefficient (Wildman–Crippen LogP) is -3.55. The molecule has 0 saturated carbocycles. The van der Waals surface area contributed by atoms with E-state index >= 15 is 0 Å². The van der Waals surface area contributed by atoms with E-state index in [4.69, 9.17) is 28.0 Å². The molecule has 0 unspecified atom stereocenters. The number of carboxylic acids is 1. The number of carbonyl (C=O) groups excluding carboxylic acids is 5. The Labute approximate surface area is 238 Å². The third-order valence-corrected chi connectivity index (χ3v) is 5.94. The molecule has 0 aliphatic rings. The molecule has 0 saturated heterocycles. The second kappa shape index (κ2) is 20.5. The average molecular weight is 590 g/mol. The summed E-state index contributed by atoms with van der Waals surface area (Å²) in [5, 5.41) is 19.1. The van der Waals surface area contributed by atoms with Crippen LogP contribution in [0.2, 0.25) is 0 Å². The second-order valence-electron chi connectivity index (χ2n) is 9.07. The van der Waals surface area contributed by atoms with Gasteiger partial charge in [0.05, 0.1) is 12.1 Å². The van der Waals surface area contributed by atoms with Crippen LogP contribution in [0.3, 0.4) is 0 Å². The van der Waals surface area contributed by atoms with Crippen molar-refractivity contribution in [2.45, 2.75) is 82.1 Å². The van der Waals surface area contributed by atoms with Gasteiger partial charge in [-0.2, -0.15) is 12.6 Å². The van der Waals surface area contributed by atoms with E-state index in [-0.39, 0.29) is 43.9 Å². The van der Waals surface area contributed by atoms with Crippen LogP contribution in [0.25, 0.3) is 0 Å². The zero-order valence-electron chi connectivity index (χ0n) is 22.6. The number of thiol groups is 1. The van der Waals surface area contributed by atoms with Gasteiger partial charge in [-0.25, -0.2) is 0 Å². The van der Waals surface area contributed by atoms with Gasteiger partial charge in [-0.3, -0.25) is 29.0 Å². The Balaban J connectivity index is 5.81. The fraction of sp³-hybridized carbons (Fsp3) is 0.696. The van der Waals surface area contributed by atoms with Crippen LogP contribution in [-0.4, -0.2) is 96.0 Å².